The minimum absolute atomic E-state index is 0.128. The fraction of sp³-hybridized carbons (Fsp3) is 0.750. The average molecular weight is 154 g/mol. The second-order valence-corrected chi connectivity index (χ2v) is 3.25. The van der Waals surface area contributed by atoms with Crippen molar-refractivity contribution in [1.82, 2.24) is 0 Å². The molecule has 2 aliphatic rings. The van der Waals surface area contributed by atoms with Crippen LogP contribution in [0.2, 0.25) is 0 Å². The molecule has 1 aliphatic carbocycles. The third-order valence-corrected chi connectivity index (χ3v) is 2.53. The molecule has 11 heavy (non-hydrogen) atoms. The zero-order valence-corrected chi connectivity index (χ0v) is 6.26. The van der Waals surface area contributed by atoms with Crippen molar-refractivity contribution in [3.63, 3.8) is 0 Å². The van der Waals surface area contributed by atoms with Gasteiger partial charge in [-0.25, -0.2) is 0 Å². The molecule has 1 saturated carbocycles. The van der Waals surface area contributed by atoms with Gasteiger partial charge in [0, 0.05) is 19.3 Å². The van der Waals surface area contributed by atoms with Crippen LogP contribution < -0.4 is 0 Å². The van der Waals surface area contributed by atoms with Crippen LogP contribution in [0.1, 0.15) is 32.1 Å². The van der Waals surface area contributed by atoms with Crippen molar-refractivity contribution in [3.05, 3.63) is 0 Å². The Balaban J connectivity index is 2.22. The van der Waals surface area contributed by atoms with Gasteiger partial charge in [-0.1, -0.05) is 0 Å². The van der Waals surface area contributed by atoms with Gasteiger partial charge in [0.05, 0.1) is 0 Å². The predicted molar refractivity (Wildman–Crippen MR) is 36.9 cm³/mol. The van der Waals surface area contributed by atoms with Crippen LogP contribution in [0.5, 0.6) is 0 Å². The molecule has 0 unspecified atom stereocenters. The smallest absolute Gasteiger partial charge is 0.306 e. The Hall–Kier alpha value is -0.860. The second kappa shape index (κ2) is 2.06. The molecule has 1 atom stereocenters. The number of ketones is 1. The number of carbonyl (C=O) groups excluding carboxylic acids is 2. The summed E-state index contributed by atoms with van der Waals surface area (Å²) in [7, 11) is 0. The normalized spacial score (nSPS) is 36.7. The van der Waals surface area contributed by atoms with Gasteiger partial charge in [-0.3, -0.25) is 9.59 Å². The van der Waals surface area contributed by atoms with E-state index in [4.69, 9.17) is 4.74 Å². The highest BCUT2D eigenvalue weighted by Crippen LogP contribution is 2.38. The second-order valence-electron chi connectivity index (χ2n) is 3.25. The summed E-state index contributed by atoms with van der Waals surface area (Å²) in [6, 6.07) is 0. The highest BCUT2D eigenvalue weighted by Gasteiger charge is 2.49. The summed E-state index contributed by atoms with van der Waals surface area (Å²) < 4.78 is 5.03. The topological polar surface area (TPSA) is 43.4 Å². The number of hydrogen-bond donors (Lipinski definition) is 0. The number of Topliss-reactive ketones (excluding diaryl/α,β-unsaturated/α-hetero) is 1. The summed E-state index contributed by atoms with van der Waals surface area (Å²) in [6.45, 7) is 0. The molecular formula is C8H10O3. The van der Waals surface area contributed by atoms with Crippen LogP contribution in [-0.2, 0) is 14.3 Å². The van der Waals surface area contributed by atoms with Crippen molar-refractivity contribution in [1.29, 1.82) is 0 Å². The van der Waals surface area contributed by atoms with E-state index in [1.165, 1.54) is 0 Å². The first-order valence-corrected chi connectivity index (χ1v) is 3.98. The van der Waals surface area contributed by atoms with Gasteiger partial charge in [-0.2, -0.15) is 0 Å². The Labute approximate surface area is 64.7 Å². The molecule has 1 aliphatic heterocycles. The lowest BCUT2D eigenvalue weighted by Gasteiger charge is -2.18. The lowest BCUT2D eigenvalue weighted by Crippen LogP contribution is -2.32. The fourth-order valence-corrected chi connectivity index (χ4v) is 1.90. The summed E-state index contributed by atoms with van der Waals surface area (Å²) in [5, 5.41) is 0. The van der Waals surface area contributed by atoms with Gasteiger partial charge in [-0.05, 0) is 12.8 Å². The Bertz CT molecular complexity index is 221. The minimum atomic E-state index is -0.670. The number of rotatable bonds is 0. The van der Waals surface area contributed by atoms with Gasteiger partial charge in [-0.15, -0.1) is 0 Å². The summed E-state index contributed by atoms with van der Waals surface area (Å²) in [5.41, 5.74) is -0.670. The van der Waals surface area contributed by atoms with E-state index < -0.39 is 5.60 Å². The first-order chi connectivity index (χ1) is 5.23. The molecule has 3 heteroatoms. The lowest BCUT2D eigenvalue weighted by molar-refractivity contribution is -0.155. The first kappa shape index (κ1) is 6.83. The zero-order chi connectivity index (χ0) is 7.90. The van der Waals surface area contributed by atoms with E-state index in [1.807, 2.05) is 0 Å². The van der Waals surface area contributed by atoms with E-state index >= 15 is 0 Å². The highest BCUT2D eigenvalue weighted by atomic mass is 16.6. The van der Waals surface area contributed by atoms with E-state index in [0.717, 1.165) is 12.8 Å². The average Bonchev–Trinajstić information content (AvgIpc) is 2.46. The van der Waals surface area contributed by atoms with Crippen molar-refractivity contribution in [2.24, 2.45) is 0 Å². The Morgan fingerprint density at radius 3 is 2.45 bits per heavy atom. The Morgan fingerprint density at radius 1 is 1.18 bits per heavy atom. The number of carbonyl (C=O) groups is 2. The summed E-state index contributed by atoms with van der Waals surface area (Å²) in [4.78, 5) is 22.0. The van der Waals surface area contributed by atoms with Crippen molar-refractivity contribution in [2.75, 3.05) is 0 Å². The Kier molecular flexibility index (Phi) is 1.28. The van der Waals surface area contributed by atoms with Gasteiger partial charge in [0.25, 0.3) is 0 Å². The van der Waals surface area contributed by atoms with Gasteiger partial charge >= 0.3 is 5.97 Å². The van der Waals surface area contributed by atoms with Crippen LogP contribution in [0.25, 0.3) is 0 Å². The van der Waals surface area contributed by atoms with E-state index in [2.05, 4.69) is 0 Å². The molecular weight excluding hydrogens is 144 g/mol. The standard InChI is InChI=1S/C8H10O3/c9-6-2-1-4-8(6)5-3-7(10)11-8/h1-5H2/t8-/m1/s1. The molecule has 1 heterocycles. The van der Waals surface area contributed by atoms with Gasteiger partial charge < -0.3 is 4.74 Å². The molecule has 0 aromatic rings. The maximum atomic E-state index is 11.3. The molecule has 60 valence electrons. The molecule has 0 bridgehead atoms. The number of ether oxygens (including phenoxy) is 1. The first-order valence-electron chi connectivity index (χ1n) is 3.98. The maximum absolute atomic E-state index is 11.3. The molecule has 0 amide bonds. The summed E-state index contributed by atoms with van der Waals surface area (Å²) >= 11 is 0. The molecule has 1 spiro atoms. The van der Waals surface area contributed by atoms with Crippen LogP contribution in [0.3, 0.4) is 0 Å². The predicted octanol–water partition coefficient (Wildman–Crippen LogP) is 0.815. The van der Waals surface area contributed by atoms with Gasteiger partial charge in [0.15, 0.2) is 11.4 Å². The van der Waals surface area contributed by atoms with Crippen LogP contribution in [0, 0.1) is 0 Å². The van der Waals surface area contributed by atoms with Crippen molar-refractivity contribution >= 4 is 11.8 Å². The van der Waals surface area contributed by atoms with Gasteiger partial charge in [0.1, 0.15) is 0 Å². The highest BCUT2D eigenvalue weighted by molar-refractivity contribution is 5.93. The quantitative estimate of drug-likeness (QED) is 0.485. The monoisotopic (exact) mass is 154 g/mol. The summed E-state index contributed by atoms with van der Waals surface area (Å²) in [5.74, 6) is -0.0800. The van der Waals surface area contributed by atoms with E-state index in [0.29, 0.717) is 19.3 Å². The van der Waals surface area contributed by atoms with Crippen LogP contribution in [0.4, 0.5) is 0 Å². The molecule has 0 aromatic carbocycles. The lowest BCUT2D eigenvalue weighted by atomic mass is 9.98. The van der Waals surface area contributed by atoms with Gasteiger partial charge in [0.2, 0.25) is 0 Å². The van der Waals surface area contributed by atoms with Crippen LogP contribution in [-0.4, -0.2) is 17.4 Å². The Morgan fingerprint density at radius 2 is 2.00 bits per heavy atom. The number of esters is 1. The van der Waals surface area contributed by atoms with Crippen molar-refractivity contribution in [3.8, 4) is 0 Å². The van der Waals surface area contributed by atoms with E-state index in [1.54, 1.807) is 0 Å². The van der Waals surface area contributed by atoms with Crippen molar-refractivity contribution < 1.29 is 14.3 Å². The van der Waals surface area contributed by atoms with Crippen LogP contribution >= 0.6 is 0 Å². The molecule has 3 nitrogen and oxygen atoms in total. The molecule has 0 radical (unpaired) electrons. The van der Waals surface area contributed by atoms with Crippen LogP contribution in [0.15, 0.2) is 0 Å². The largest absolute Gasteiger partial charge is 0.451 e. The molecule has 1 saturated heterocycles. The third kappa shape index (κ3) is 0.870. The third-order valence-electron chi connectivity index (χ3n) is 2.53. The fourth-order valence-electron chi connectivity index (χ4n) is 1.90. The molecule has 0 aromatic heterocycles. The van der Waals surface area contributed by atoms with E-state index in [-0.39, 0.29) is 11.8 Å². The zero-order valence-electron chi connectivity index (χ0n) is 6.26. The molecule has 2 fully saturated rings. The minimum Gasteiger partial charge on any atom is -0.451 e. The molecule has 0 N–H and O–H groups in total. The maximum Gasteiger partial charge on any atom is 0.306 e. The van der Waals surface area contributed by atoms with Crippen molar-refractivity contribution in [2.45, 2.75) is 37.7 Å². The van der Waals surface area contributed by atoms with E-state index in [9.17, 15) is 9.59 Å². The molecule has 2 rings (SSSR count). The summed E-state index contributed by atoms with van der Waals surface area (Å²) in [6.07, 6.45) is 3.26. The SMILES string of the molecule is O=C1CC[C@@]2(CCCC2=O)O1. The number of hydrogen-bond acceptors (Lipinski definition) is 3.